The van der Waals surface area contributed by atoms with Gasteiger partial charge < -0.3 is 10.6 Å². The van der Waals surface area contributed by atoms with Crippen molar-refractivity contribution in [3.8, 4) is 10.6 Å². The van der Waals surface area contributed by atoms with Gasteiger partial charge in [-0.15, -0.1) is 11.3 Å². The van der Waals surface area contributed by atoms with Crippen molar-refractivity contribution >= 4 is 44.6 Å². The van der Waals surface area contributed by atoms with Gasteiger partial charge in [0.15, 0.2) is 5.11 Å². The highest BCUT2D eigenvalue weighted by Gasteiger charge is 2.08. The molecule has 28 heavy (non-hydrogen) atoms. The van der Waals surface area contributed by atoms with E-state index < -0.39 is 0 Å². The average Bonchev–Trinajstić information content (AvgIpc) is 3.12. The van der Waals surface area contributed by atoms with Gasteiger partial charge in [-0.25, -0.2) is 4.98 Å². The summed E-state index contributed by atoms with van der Waals surface area (Å²) in [7, 11) is 0. The summed E-state index contributed by atoms with van der Waals surface area (Å²) < 4.78 is 1.22. The molecule has 0 spiro atoms. The van der Waals surface area contributed by atoms with Crippen LogP contribution in [0.25, 0.3) is 20.8 Å². The van der Waals surface area contributed by atoms with Crippen LogP contribution in [-0.4, -0.2) is 10.1 Å². The number of nitrogens with one attached hydrogen (secondary N) is 2. The number of fused-ring (bicyclic) bond motifs is 1. The summed E-state index contributed by atoms with van der Waals surface area (Å²) in [4.78, 5) is 4.75. The fourth-order valence-corrected chi connectivity index (χ4v) is 4.40. The zero-order chi connectivity index (χ0) is 19.5. The number of anilines is 1. The molecule has 0 bridgehead atoms. The van der Waals surface area contributed by atoms with Gasteiger partial charge in [0, 0.05) is 11.3 Å². The highest BCUT2D eigenvalue weighted by molar-refractivity contribution is 7.80. The van der Waals surface area contributed by atoms with Gasteiger partial charge >= 0.3 is 0 Å². The fraction of sp³-hybridized carbons (Fsp3) is 0.130. The van der Waals surface area contributed by atoms with E-state index in [4.69, 9.17) is 17.2 Å². The van der Waals surface area contributed by atoms with Gasteiger partial charge in [-0.05, 0) is 73.6 Å². The molecule has 0 saturated heterocycles. The number of thiazole rings is 1. The number of nitrogens with zero attached hydrogens (tertiary/aromatic N) is 1. The topological polar surface area (TPSA) is 37.0 Å². The van der Waals surface area contributed by atoms with E-state index in [-0.39, 0.29) is 6.04 Å². The molecule has 0 aliphatic heterocycles. The van der Waals surface area contributed by atoms with Crippen LogP contribution in [0.4, 0.5) is 5.69 Å². The normalized spacial score (nSPS) is 11.9. The van der Waals surface area contributed by atoms with Gasteiger partial charge in [-0.3, -0.25) is 0 Å². The molecule has 0 aliphatic carbocycles. The summed E-state index contributed by atoms with van der Waals surface area (Å²) in [5.41, 5.74) is 5.58. The highest BCUT2D eigenvalue weighted by atomic mass is 32.1. The van der Waals surface area contributed by atoms with E-state index in [9.17, 15) is 0 Å². The van der Waals surface area contributed by atoms with E-state index in [1.165, 1.54) is 15.8 Å². The highest BCUT2D eigenvalue weighted by Crippen LogP contribution is 2.31. The van der Waals surface area contributed by atoms with E-state index >= 15 is 0 Å². The first-order valence-electron chi connectivity index (χ1n) is 9.18. The molecule has 0 radical (unpaired) electrons. The fourth-order valence-electron chi connectivity index (χ4n) is 3.04. The Morgan fingerprint density at radius 3 is 2.50 bits per heavy atom. The maximum absolute atomic E-state index is 5.46. The van der Waals surface area contributed by atoms with Crippen molar-refractivity contribution in [3.05, 3.63) is 83.9 Å². The van der Waals surface area contributed by atoms with Crippen LogP contribution in [-0.2, 0) is 0 Å². The number of rotatable bonds is 4. The molecule has 0 saturated carbocycles. The lowest BCUT2D eigenvalue weighted by molar-refractivity contribution is 0.722. The maximum Gasteiger partial charge on any atom is 0.171 e. The molecule has 0 fully saturated rings. The van der Waals surface area contributed by atoms with Crippen LogP contribution in [0.3, 0.4) is 0 Å². The summed E-state index contributed by atoms with van der Waals surface area (Å²) in [5.74, 6) is 0. The third kappa shape index (κ3) is 4.21. The van der Waals surface area contributed by atoms with Crippen LogP contribution in [0.1, 0.15) is 24.1 Å². The second-order valence-corrected chi connectivity index (χ2v) is 8.24. The third-order valence-electron chi connectivity index (χ3n) is 4.58. The van der Waals surface area contributed by atoms with Crippen LogP contribution < -0.4 is 10.6 Å². The molecule has 3 nitrogen and oxygen atoms in total. The zero-order valence-electron chi connectivity index (χ0n) is 15.8. The van der Waals surface area contributed by atoms with Crippen molar-refractivity contribution < 1.29 is 0 Å². The monoisotopic (exact) mass is 403 g/mol. The number of aromatic nitrogens is 1. The first-order chi connectivity index (χ1) is 13.6. The van der Waals surface area contributed by atoms with Crippen molar-refractivity contribution in [2.45, 2.75) is 19.9 Å². The average molecular weight is 404 g/mol. The first-order valence-corrected chi connectivity index (χ1v) is 10.4. The molecular formula is C23H21N3S2. The van der Waals surface area contributed by atoms with Gasteiger partial charge in [0.2, 0.25) is 0 Å². The lowest BCUT2D eigenvalue weighted by Crippen LogP contribution is -2.30. The van der Waals surface area contributed by atoms with Crippen LogP contribution in [0.5, 0.6) is 0 Å². The Morgan fingerprint density at radius 1 is 1.00 bits per heavy atom. The lowest BCUT2D eigenvalue weighted by Gasteiger charge is -2.17. The molecule has 1 unspecified atom stereocenters. The van der Waals surface area contributed by atoms with Crippen LogP contribution >= 0.6 is 23.6 Å². The smallest absolute Gasteiger partial charge is 0.171 e. The molecule has 4 rings (SSSR count). The minimum Gasteiger partial charge on any atom is -0.356 e. The second kappa shape index (κ2) is 8.09. The summed E-state index contributed by atoms with van der Waals surface area (Å²) in [5, 5.41) is 8.23. The number of hydrogen-bond acceptors (Lipinski definition) is 3. The van der Waals surface area contributed by atoms with Crippen LogP contribution in [0.15, 0.2) is 72.8 Å². The second-order valence-electron chi connectivity index (χ2n) is 6.80. The first kappa shape index (κ1) is 18.6. The minimum absolute atomic E-state index is 0.145. The van der Waals surface area contributed by atoms with E-state index in [1.54, 1.807) is 11.3 Å². The van der Waals surface area contributed by atoms with Gasteiger partial charge in [-0.2, -0.15) is 0 Å². The number of thiocarbonyl (C=S) groups is 1. The standard InChI is InChI=1S/C23H21N3S2/c1-15-8-13-20-21(14-15)28-22(26-20)18-9-11-19(12-10-18)25-23(27)24-16(2)17-6-4-3-5-7-17/h3-14,16H,1-2H3,(H2,24,25,27). The molecule has 0 aliphatic rings. The Bertz CT molecular complexity index is 1100. The van der Waals surface area contributed by atoms with Crippen molar-refractivity contribution in [2.75, 3.05) is 5.32 Å². The predicted molar refractivity (Wildman–Crippen MR) is 124 cm³/mol. The number of hydrogen-bond donors (Lipinski definition) is 2. The Balaban J connectivity index is 1.43. The summed E-state index contributed by atoms with van der Waals surface area (Å²) >= 11 is 7.18. The Kier molecular flexibility index (Phi) is 5.37. The minimum atomic E-state index is 0.145. The number of benzene rings is 3. The molecule has 1 aromatic heterocycles. The molecule has 1 heterocycles. The third-order valence-corrected chi connectivity index (χ3v) is 5.87. The molecular weight excluding hydrogens is 382 g/mol. The Hall–Kier alpha value is -2.76. The molecule has 140 valence electrons. The molecule has 5 heteroatoms. The zero-order valence-corrected chi connectivity index (χ0v) is 17.4. The largest absolute Gasteiger partial charge is 0.356 e. The Morgan fingerprint density at radius 2 is 1.75 bits per heavy atom. The summed E-state index contributed by atoms with van der Waals surface area (Å²) in [6.07, 6.45) is 0. The molecule has 0 amide bonds. The van der Waals surface area contributed by atoms with Gasteiger partial charge in [0.25, 0.3) is 0 Å². The summed E-state index contributed by atoms with van der Waals surface area (Å²) in [6, 6.07) is 25.0. The van der Waals surface area contributed by atoms with Crippen molar-refractivity contribution in [3.63, 3.8) is 0 Å². The SMILES string of the molecule is Cc1ccc2nc(-c3ccc(NC(=S)NC(C)c4ccccc4)cc3)sc2c1. The van der Waals surface area contributed by atoms with Crippen LogP contribution in [0, 0.1) is 6.92 Å². The van der Waals surface area contributed by atoms with E-state index in [1.807, 2.05) is 30.3 Å². The van der Waals surface area contributed by atoms with Crippen molar-refractivity contribution in [1.82, 2.24) is 10.3 Å². The molecule has 1 atom stereocenters. The lowest BCUT2D eigenvalue weighted by atomic mass is 10.1. The maximum atomic E-state index is 5.46. The van der Waals surface area contributed by atoms with E-state index in [0.29, 0.717) is 5.11 Å². The van der Waals surface area contributed by atoms with E-state index in [2.05, 4.69) is 66.9 Å². The molecule has 3 aromatic carbocycles. The molecule has 4 aromatic rings. The molecule has 2 N–H and O–H groups in total. The van der Waals surface area contributed by atoms with Crippen molar-refractivity contribution in [2.24, 2.45) is 0 Å². The van der Waals surface area contributed by atoms with Gasteiger partial charge in [-0.1, -0.05) is 36.4 Å². The van der Waals surface area contributed by atoms with E-state index in [0.717, 1.165) is 21.8 Å². The predicted octanol–water partition coefficient (Wildman–Crippen LogP) is 6.32. The number of aryl methyl sites for hydroxylation is 1. The van der Waals surface area contributed by atoms with Crippen molar-refractivity contribution in [1.29, 1.82) is 0 Å². The van der Waals surface area contributed by atoms with Gasteiger partial charge in [0.05, 0.1) is 16.3 Å². The quantitative estimate of drug-likeness (QED) is 0.391. The Labute approximate surface area is 174 Å². The van der Waals surface area contributed by atoms with Gasteiger partial charge in [0.1, 0.15) is 5.01 Å². The summed E-state index contributed by atoms with van der Waals surface area (Å²) in [6.45, 7) is 4.20. The van der Waals surface area contributed by atoms with Crippen LogP contribution in [0.2, 0.25) is 0 Å².